The predicted octanol–water partition coefficient (Wildman–Crippen LogP) is 10.8. The molecular weight excluding hydrogens is 828 g/mol. The average Bonchev–Trinajstić information content (AvgIpc) is 3.22. The molecule has 0 fully saturated rings. The molecule has 0 heterocycles. The van der Waals surface area contributed by atoms with Crippen molar-refractivity contribution in [3.05, 3.63) is 194 Å². The van der Waals surface area contributed by atoms with Gasteiger partial charge in [-0.15, -0.1) is 0 Å². The molecule has 0 aliphatic carbocycles. The molecule has 0 spiro atoms. The molecule has 0 aromatic heterocycles. The minimum atomic E-state index is -2.13. The molecule has 0 atom stereocenters. The number of nitrogens with zero attached hydrogens (tertiary/aromatic N) is 1. The Morgan fingerprint density at radius 1 is 0.426 bits per heavy atom. The SMILES string of the molecule is CN(C)[C](=O)[Ru]([Cl])[Cl].c1ccc(P(c2ccccc2)c2ccc3ccccc3c2-c2c(P(c3ccccc3)c3ccccc3)ccc3ccccc23)cc1. The fraction of sp³-hybridized carbons (Fsp3) is 0.0426. The molecular formula is C47H38Cl2NOP2Ru. The van der Waals surface area contributed by atoms with Crippen LogP contribution in [0.3, 0.4) is 0 Å². The maximum Gasteiger partial charge on any atom is -0.000884 e. The van der Waals surface area contributed by atoms with Gasteiger partial charge in [0.15, 0.2) is 0 Å². The molecule has 0 saturated heterocycles. The van der Waals surface area contributed by atoms with Gasteiger partial charge in [0.1, 0.15) is 0 Å². The van der Waals surface area contributed by atoms with E-state index in [0.717, 1.165) is 0 Å². The number of carbonyl (C=O) groups excluding carboxylic acids is 1. The zero-order valence-corrected chi connectivity index (χ0v) is 34.9. The minimum absolute atomic E-state index is 0.141. The Labute approximate surface area is 333 Å². The smallest absolute Gasteiger partial charge is 0.000884 e. The summed E-state index contributed by atoms with van der Waals surface area (Å²) in [5.41, 5.74) is 2.70. The molecule has 0 radical (unpaired) electrons. The van der Waals surface area contributed by atoms with Gasteiger partial charge >= 0.3 is 61.6 Å². The third kappa shape index (κ3) is 8.38. The van der Waals surface area contributed by atoms with Crippen LogP contribution >= 0.6 is 35.2 Å². The number of carbonyl (C=O) groups is 1. The van der Waals surface area contributed by atoms with E-state index in [-0.39, 0.29) is 4.50 Å². The van der Waals surface area contributed by atoms with E-state index in [0.29, 0.717) is 0 Å². The standard InChI is InChI=1S/C44H32P2.C3H6NO.2ClH.Ru/c1-5-19-35(20-6-1)45(36-21-7-2-8-22-36)41-31-29-33-17-13-15-27-39(33)43(41)44-40-28-16-14-18-34(40)30-32-42(44)46(37-23-9-3-10-24-37)38-25-11-4-12-26-38;1-4(2)3-5;;;/h1-32H;1-2H3;2*1H;/q;;;;+2/p-2. The molecule has 8 aromatic rings. The fourth-order valence-corrected chi connectivity index (χ4v) is 13.7. The molecule has 0 aliphatic rings. The molecule has 1 amide bonds. The van der Waals surface area contributed by atoms with E-state index >= 15 is 0 Å². The number of fused-ring (bicyclic) bond motifs is 2. The van der Waals surface area contributed by atoms with Crippen molar-refractivity contribution in [2.24, 2.45) is 0 Å². The van der Waals surface area contributed by atoms with Crippen LogP contribution in [-0.4, -0.2) is 23.5 Å². The summed E-state index contributed by atoms with van der Waals surface area (Å²) >= 11 is -2.13. The van der Waals surface area contributed by atoms with Crippen molar-refractivity contribution in [3.63, 3.8) is 0 Å². The van der Waals surface area contributed by atoms with Crippen LogP contribution in [0.5, 0.6) is 0 Å². The summed E-state index contributed by atoms with van der Waals surface area (Å²) < 4.78 is -0.141. The Balaban J connectivity index is 0.000000508. The van der Waals surface area contributed by atoms with Gasteiger partial charge in [-0.1, -0.05) is 194 Å². The molecule has 8 rings (SSSR count). The van der Waals surface area contributed by atoms with Gasteiger partial charge in [-0.2, -0.15) is 0 Å². The zero-order valence-electron chi connectivity index (χ0n) is 29.8. The average molecular weight is 867 g/mol. The Kier molecular flexibility index (Phi) is 12.7. The van der Waals surface area contributed by atoms with Crippen LogP contribution < -0.4 is 31.8 Å². The number of rotatable bonds is 8. The molecule has 0 aliphatic heterocycles. The number of benzene rings is 8. The van der Waals surface area contributed by atoms with Crippen LogP contribution in [0.4, 0.5) is 4.79 Å². The van der Waals surface area contributed by atoms with Crippen molar-refractivity contribution >= 4 is 93.1 Å². The van der Waals surface area contributed by atoms with Crippen LogP contribution in [0.15, 0.2) is 194 Å². The summed E-state index contributed by atoms with van der Waals surface area (Å²) in [6.07, 6.45) is 0. The van der Waals surface area contributed by atoms with E-state index in [1.165, 1.54) is 69.4 Å². The monoisotopic (exact) mass is 866 g/mol. The Morgan fingerprint density at radius 2 is 0.722 bits per heavy atom. The van der Waals surface area contributed by atoms with Gasteiger partial charge in [0.05, 0.1) is 0 Å². The van der Waals surface area contributed by atoms with E-state index in [1.54, 1.807) is 14.1 Å². The zero-order chi connectivity index (χ0) is 37.4. The third-order valence-corrected chi connectivity index (χ3v) is 16.7. The van der Waals surface area contributed by atoms with Crippen LogP contribution in [0.2, 0.25) is 0 Å². The Bertz CT molecular complexity index is 2230. The molecule has 0 N–H and O–H groups in total. The van der Waals surface area contributed by atoms with E-state index in [1.807, 2.05) is 0 Å². The predicted molar refractivity (Wildman–Crippen MR) is 235 cm³/mol. The van der Waals surface area contributed by atoms with Gasteiger partial charge in [0, 0.05) is 0 Å². The first-order chi connectivity index (χ1) is 26.4. The normalized spacial score (nSPS) is 11.3. The fourth-order valence-electron chi connectivity index (χ4n) is 6.70. The molecule has 54 heavy (non-hydrogen) atoms. The Hall–Kier alpha value is -4.19. The molecule has 0 bridgehead atoms. The second-order valence-electron chi connectivity index (χ2n) is 12.7. The van der Waals surface area contributed by atoms with Gasteiger partial charge in [-0.25, -0.2) is 0 Å². The summed E-state index contributed by atoms with van der Waals surface area (Å²) in [5.74, 6) is 0. The molecule has 7 heteroatoms. The summed E-state index contributed by atoms with van der Waals surface area (Å²) in [6.45, 7) is 0. The molecule has 0 unspecified atom stereocenters. The number of hydrogen-bond donors (Lipinski definition) is 0. The summed E-state index contributed by atoms with van der Waals surface area (Å²) in [7, 11) is 12.2. The van der Waals surface area contributed by atoms with Crippen molar-refractivity contribution in [1.29, 1.82) is 0 Å². The van der Waals surface area contributed by atoms with E-state index in [9.17, 15) is 4.79 Å². The summed E-state index contributed by atoms with van der Waals surface area (Å²) in [6, 6.07) is 71.8. The van der Waals surface area contributed by atoms with Crippen molar-refractivity contribution in [2.75, 3.05) is 14.1 Å². The summed E-state index contributed by atoms with van der Waals surface area (Å²) in [5, 5.41) is 13.3. The topological polar surface area (TPSA) is 20.3 Å². The number of amides is 1. The first-order valence-electron chi connectivity index (χ1n) is 17.5. The number of hydrogen-bond acceptors (Lipinski definition) is 1. The van der Waals surface area contributed by atoms with Gasteiger partial charge in [-0.3, -0.25) is 0 Å². The van der Waals surface area contributed by atoms with Gasteiger partial charge in [0.25, 0.3) is 0 Å². The van der Waals surface area contributed by atoms with Crippen molar-refractivity contribution in [3.8, 4) is 11.1 Å². The van der Waals surface area contributed by atoms with Gasteiger partial charge < -0.3 is 0 Å². The van der Waals surface area contributed by atoms with Crippen LogP contribution in [0.1, 0.15) is 0 Å². The first-order valence-corrected chi connectivity index (χ1v) is 25.5. The third-order valence-electron chi connectivity index (χ3n) is 9.06. The second-order valence-corrected chi connectivity index (χ2v) is 22.7. The Morgan fingerprint density at radius 3 is 1.00 bits per heavy atom. The van der Waals surface area contributed by atoms with Crippen LogP contribution in [0, 0.1) is 0 Å². The van der Waals surface area contributed by atoms with Crippen LogP contribution in [-0.2, 0) is 14.0 Å². The van der Waals surface area contributed by atoms with Crippen molar-refractivity contribution in [1.82, 2.24) is 4.90 Å². The maximum atomic E-state index is 10.6. The first kappa shape index (κ1) is 38.1. The van der Waals surface area contributed by atoms with E-state index in [2.05, 4.69) is 194 Å². The maximum absolute atomic E-state index is 10.6. The van der Waals surface area contributed by atoms with Gasteiger partial charge in [-0.05, 0) is 80.3 Å². The summed E-state index contributed by atoms with van der Waals surface area (Å²) in [4.78, 5) is 12.0. The van der Waals surface area contributed by atoms with E-state index < -0.39 is 29.8 Å². The second kappa shape index (κ2) is 18.0. The largest absolute Gasteiger partial charge is 0.0622 e. The molecule has 0 saturated carbocycles. The molecule has 8 aromatic carbocycles. The molecule has 269 valence electrons. The van der Waals surface area contributed by atoms with Gasteiger partial charge in [0.2, 0.25) is 0 Å². The minimum Gasteiger partial charge on any atom is -0.0622 e. The van der Waals surface area contributed by atoms with Crippen molar-refractivity contribution < 1.29 is 18.8 Å². The molecule has 2 nitrogen and oxygen atoms in total. The van der Waals surface area contributed by atoms with Crippen LogP contribution in [0.25, 0.3) is 32.7 Å². The van der Waals surface area contributed by atoms with E-state index in [4.69, 9.17) is 19.4 Å². The number of halogens is 2. The quantitative estimate of drug-likeness (QED) is 0.110. The van der Waals surface area contributed by atoms with Crippen molar-refractivity contribution in [2.45, 2.75) is 0 Å².